The number of anilines is 1. The van der Waals surface area contributed by atoms with E-state index in [2.05, 4.69) is 0 Å². The second-order valence-electron chi connectivity index (χ2n) is 5.55. The molecule has 21 heavy (non-hydrogen) atoms. The van der Waals surface area contributed by atoms with Crippen LogP contribution in [0.3, 0.4) is 0 Å². The molecule has 0 spiro atoms. The number of rotatable bonds is 3. The number of ketones is 1. The second-order valence-corrected chi connectivity index (χ2v) is 8.84. The van der Waals surface area contributed by atoms with E-state index in [1.807, 2.05) is 36.2 Å². The summed E-state index contributed by atoms with van der Waals surface area (Å²) >= 11 is 1.58. The molecule has 0 aliphatic carbocycles. The van der Waals surface area contributed by atoms with Crippen molar-refractivity contribution in [3.05, 3.63) is 35.4 Å². The largest absolute Gasteiger partial charge is 0.338 e. The van der Waals surface area contributed by atoms with Gasteiger partial charge in [-0.1, -0.05) is 23.9 Å². The Morgan fingerprint density at radius 1 is 1.43 bits per heavy atom. The van der Waals surface area contributed by atoms with Gasteiger partial charge in [0.25, 0.3) is 0 Å². The summed E-state index contributed by atoms with van der Waals surface area (Å²) in [6, 6.07) is 8.01. The zero-order chi connectivity index (χ0) is 15.0. The Morgan fingerprint density at radius 2 is 2.19 bits per heavy atom. The number of sulfone groups is 1. The van der Waals surface area contributed by atoms with E-state index in [-0.39, 0.29) is 23.2 Å². The van der Waals surface area contributed by atoms with Crippen molar-refractivity contribution < 1.29 is 13.2 Å². The van der Waals surface area contributed by atoms with Crippen molar-refractivity contribution in [3.8, 4) is 0 Å². The number of allylic oxidation sites excluding steroid dienone is 1. The highest BCUT2D eigenvalue weighted by Crippen LogP contribution is 2.44. The fourth-order valence-corrected chi connectivity index (χ4v) is 5.73. The molecule has 0 bridgehead atoms. The Balaban J connectivity index is 1.68. The van der Waals surface area contributed by atoms with E-state index in [4.69, 9.17) is 0 Å². The van der Waals surface area contributed by atoms with E-state index in [1.54, 1.807) is 17.8 Å². The fraction of sp³-hybridized carbons (Fsp3) is 0.400. The van der Waals surface area contributed by atoms with Crippen molar-refractivity contribution >= 4 is 33.1 Å². The first-order chi connectivity index (χ1) is 9.94. The summed E-state index contributed by atoms with van der Waals surface area (Å²) in [5, 5.41) is 0.905. The number of hydrogen-bond donors (Lipinski definition) is 0. The first kappa shape index (κ1) is 14.7. The van der Waals surface area contributed by atoms with Gasteiger partial charge in [0, 0.05) is 24.4 Å². The van der Waals surface area contributed by atoms with Gasteiger partial charge in [0.1, 0.15) is 0 Å². The van der Waals surface area contributed by atoms with Gasteiger partial charge in [-0.3, -0.25) is 4.79 Å². The molecule has 0 N–H and O–H groups in total. The third-order valence-corrected chi connectivity index (χ3v) is 6.88. The maximum absolute atomic E-state index is 12.2. The molecule has 2 heterocycles. The molecular formula is C15H17NO3S2. The number of nitrogens with zero attached hydrogens (tertiary/aromatic N) is 1. The normalized spacial score (nSPS) is 25.3. The maximum Gasteiger partial charge on any atom is 0.158 e. The van der Waals surface area contributed by atoms with Crippen molar-refractivity contribution in [3.63, 3.8) is 0 Å². The third-order valence-electron chi connectivity index (χ3n) is 3.87. The second kappa shape index (κ2) is 5.50. The van der Waals surface area contributed by atoms with Gasteiger partial charge < -0.3 is 4.90 Å². The first-order valence-electron chi connectivity index (χ1n) is 6.90. The molecule has 3 rings (SSSR count). The monoisotopic (exact) mass is 323 g/mol. The molecule has 112 valence electrons. The summed E-state index contributed by atoms with van der Waals surface area (Å²) in [6.07, 6.45) is 2.59. The van der Waals surface area contributed by atoms with Crippen LogP contribution in [0.1, 0.15) is 12.8 Å². The molecule has 0 saturated carbocycles. The molecule has 1 unspecified atom stereocenters. The average molecular weight is 323 g/mol. The standard InChI is InChI=1S/C15H17NO3S2/c1-16-13-4-2-3-5-14(13)20-15(16)9-12(17)8-11-6-7-21(18,19)10-11/h2-5,9,11H,6-8,10H2,1H3/b15-9+. The minimum Gasteiger partial charge on any atom is -0.338 e. The van der Waals surface area contributed by atoms with Gasteiger partial charge in [0.2, 0.25) is 0 Å². The fourth-order valence-electron chi connectivity index (χ4n) is 2.76. The number of carbonyl (C=O) groups excluding carboxylic acids is 1. The topological polar surface area (TPSA) is 54.5 Å². The highest BCUT2D eigenvalue weighted by atomic mass is 32.2. The number of para-hydroxylation sites is 1. The third kappa shape index (κ3) is 3.16. The molecule has 1 atom stereocenters. The van der Waals surface area contributed by atoms with Crippen molar-refractivity contribution in [2.45, 2.75) is 17.7 Å². The van der Waals surface area contributed by atoms with Crippen LogP contribution in [-0.4, -0.2) is 32.8 Å². The lowest BCUT2D eigenvalue weighted by atomic mass is 10.0. The molecule has 0 amide bonds. The van der Waals surface area contributed by atoms with Gasteiger partial charge >= 0.3 is 0 Å². The molecule has 6 heteroatoms. The van der Waals surface area contributed by atoms with E-state index < -0.39 is 9.84 Å². The highest BCUT2D eigenvalue weighted by molar-refractivity contribution is 8.03. The van der Waals surface area contributed by atoms with Crippen molar-refractivity contribution in [1.82, 2.24) is 0 Å². The quantitative estimate of drug-likeness (QED) is 0.800. The Hall–Kier alpha value is -1.27. The Labute approximate surface area is 129 Å². The van der Waals surface area contributed by atoms with Crippen LogP contribution in [0.25, 0.3) is 0 Å². The van der Waals surface area contributed by atoms with E-state index in [1.165, 1.54) is 0 Å². The number of hydrogen-bond acceptors (Lipinski definition) is 5. The number of benzene rings is 1. The first-order valence-corrected chi connectivity index (χ1v) is 9.54. The van der Waals surface area contributed by atoms with Crippen molar-refractivity contribution in [1.29, 1.82) is 0 Å². The minimum atomic E-state index is -2.91. The van der Waals surface area contributed by atoms with Crippen LogP contribution in [0, 0.1) is 5.92 Å². The summed E-state index contributed by atoms with van der Waals surface area (Å²) in [7, 11) is -0.969. The molecule has 2 aliphatic rings. The number of fused-ring (bicyclic) bond motifs is 1. The van der Waals surface area contributed by atoms with Gasteiger partial charge in [0.05, 0.1) is 22.2 Å². The van der Waals surface area contributed by atoms with Crippen LogP contribution in [0.2, 0.25) is 0 Å². The molecular weight excluding hydrogens is 306 g/mol. The number of thioether (sulfide) groups is 1. The van der Waals surface area contributed by atoms with Crippen molar-refractivity contribution in [2.75, 3.05) is 23.5 Å². The van der Waals surface area contributed by atoms with E-state index in [9.17, 15) is 13.2 Å². The Bertz CT molecular complexity index is 709. The summed E-state index contributed by atoms with van der Waals surface area (Å²) in [4.78, 5) is 15.3. The summed E-state index contributed by atoms with van der Waals surface area (Å²) in [5.41, 5.74) is 1.10. The lowest BCUT2D eigenvalue weighted by Crippen LogP contribution is -2.13. The van der Waals surface area contributed by atoms with Crippen LogP contribution in [0.15, 0.2) is 40.3 Å². The Morgan fingerprint density at radius 3 is 2.86 bits per heavy atom. The minimum absolute atomic E-state index is 0.0132. The summed E-state index contributed by atoms with van der Waals surface area (Å²) < 4.78 is 22.9. The smallest absolute Gasteiger partial charge is 0.158 e. The molecule has 1 fully saturated rings. The van der Waals surface area contributed by atoms with Gasteiger partial charge in [-0.15, -0.1) is 0 Å². The highest BCUT2D eigenvalue weighted by Gasteiger charge is 2.29. The van der Waals surface area contributed by atoms with Crippen LogP contribution in [0.5, 0.6) is 0 Å². The van der Waals surface area contributed by atoms with E-state index >= 15 is 0 Å². The van der Waals surface area contributed by atoms with Gasteiger partial charge in [0.15, 0.2) is 15.6 Å². The SMILES string of the molecule is CN1/C(=C\C(=O)CC2CCS(=O)(=O)C2)Sc2ccccc21. The Kier molecular flexibility index (Phi) is 3.84. The van der Waals surface area contributed by atoms with Crippen LogP contribution in [0.4, 0.5) is 5.69 Å². The lowest BCUT2D eigenvalue weighted by molar-refractivity contribution is -0.115. The number of carbonyl (C=O) groups is 1. The van der Waals surface area contributed by atoms with Crippen LogP contribution < -0.4 is 4.90 Å². The maximum atomic E-state index is 12.2. The van der Waals surface area contributed by atoms with Crippen molar-refractivity contribution in [2.24, 2.45) is 5.92 Å². The summed E-state index contributed by atoms with van der Waals surface area (Å²) in [5.74, 6) is 0.380. The zero-order valence-electron chi connectivity index (χ0n) is 11.8. The molecule has 0 aromatic heterocycles. The van der Waals surface area contributed by atoms with Gasteiger partial charge in [-0.05, 0) is 24.5 Å². The predicted octanol–water partition coefficient (Wildman–Crippen LogP) is 2.46. The predicted molar refractivity (Wildman–Crippen MR) is 85.2 cm³/mol. The molecule has 1 aromatic rings. The molecule has 2 aliphatic heterocycles. The lowest BCUT2D eigenvalue weighted by Gasteiger charge is -2.13. The van der Waals surface area contributed by atoms with Gasteiger partial charge in [-0.2, -0.15) is 0 Å². The van der Waals surface area contributed by atoms with E-state index in [0.717, 1.165) is 15.6 Å². The molecule has 1 saturated heterocycles. The van der Waals surface area contributed by atoms with Crippen LogP contribution in [-0.2, 0) is 14.6 Å². The molecule has 0 radical (unpaired) electrons. The van der Waals surface area contributed by atoms with E-state index in [0.29, 0.717) is 12.8 Å². The zero-order valence-corrected chi connectivity index (χ0v) is 13.4. The average Bonchev–Trinajstić information content (AvgIpc) is 2.91. The van der Waals surface area contributed by atoms with Crippen LogP contribution >= 0.6 is 11.8 Å². The summed E-state index contributed by atoms with van der Waals surface area (Å²) in [6.45, 7) is 0. The molecule has 1 aromatic carbocycles. The van der Waals surface area contributed by atoms with Gasteiger partial charge in [-0.25, -0.2) is 8.42 Å². The molecule has 4 nitrogen and oxygen atoms in total.